The van der Waals surface area contributed by atoms with Crippen molar-refractivity contribution in [2.45, 2.75) is 44.4 Å². The summed E-state index contributed by atoms with van der Waals surface area (Å²) in [6, 6.07) is 7.11. The average Bonchev–Trinajstić information content (AvgIpc) is 2.48. The van der Waals surface area contributed by atoms with Gasteiger partial charge in [0.05, 0.1) is 5.56 Å². The third-order valence-corrected chi connectivity index (χ3v) is 4.72. The molecule has 110 valence electrons. The van der Waals surface area contributed by atoms with Crippen molar-refractivity contribution < 1.29 is 18.6 Å². The molecule has 1 aliphatic carbocycles. The first-order chi connectivity index (χ1) is 9.69. The molecule has 1 unspecified atom stereocenters. The summed E-state index contributed by atoms with van der Waals surface area (Å²) in [5.74, 6) is -0.282. The maximum Gasteiger partial charge on any atom is 0.338 e. The van der Waals surface area contributed by atoms with Crippen LogP contribution in [0.5, 0.6) is 0 Å². The van der Waals surface area contributed by atoms with Gasteiger partial charge in [-0.25, -0.2) is 4.79 Å². The molecule has 0 aromatic heterocycles. The van der Waals surface area contributed by atoms with E-state index < -0.39 is 8.03 Å². The Morgan fingerprint density at radius 3 is 2.75 bits per heavy atom. The molecule has 0 saturated heterocycles. The Morgan fingerprint density at radius 2 is 2.05 bits per heavy atom. The van der Waals surface area contributed by atoms with Crippen LogP contribution in [0, 0.1) is 0 Å². The smallest absolute Gasteiger partial charge is 0.338 e. The fraction of sp³-hybridized carbons (Fsp3) is 0.533. The van der Waals surface area contributed by atoms with Crippen molar-refractivity contribution in [1.29, 1.82) is 0 Å². The molecule has 5 heteroatoms. The number of hydrogen-bond donors (Lipinski definition) is 0. The summed E-state index contributed by atoms with van der Waals surface area (Å²) in [7, 11) is -0.619. The monoisotopic (exact) mass is 296 g/mol. The van der Waals surface area contributed by atoms with Crippen LogP contribution in [0.3, 0.4) is 0 Å². The fourth-order valence-electron chi connectivity index (χ4n) is 2.45. The Balaban J connectivity index is 1.98. The highest BCUT2D eigenvalue weighted by Crippen LogP contribution is 2.27. The molecule has 20 heavy (non-hydrogen) atoms. The summed E-state index contributed by atoms with van der Waals surface area (Å²) >= 11 is 0. The Hall–Kier alpha value is -1.12. The first-order valence-electron chi connectivity index (χ1n) is 7.06. The van der Waals surface area contributed by atoms with Gasteiger partial charge in [0.1, 0.15) is 6.10 Å². The number of benzene rings is 1. The number of esters is 1. The van der Waals surface area contributed by atoms with Crippen LogP contribution in [0.25, 0.3) is 0 Å². The second-order valence-electron chi connectivity index (χ2n) is 5.12. The van der Waals surface area contributed by atoms with Crippen molar-refractivity contribution in [2.24, 2.45) is 0 Å². The van der Waals surface area contributed by atoms with Crippen LogP contribution in [0.4, 0.5) is 0 Å². The molecule has 0 amide bonds. The van der Waals surface area contributed by atoms with Crippen molar-refractivity contribution in [2.75, 3.05) is 7.11 Å². The van der Waals surface area contributed by atoms with Crippen LogP contribution >= 0.6 is 8.03 Å². The molecule has 0 bridgehead atoms. The van der Waals surface area contributed by atoms with Gasteiger partial charge >= 0.3 is 5.97 Å². The predicted octanol–water partition coefficient (Wildman–Crippen LogP) is 3.80. The summed E-state index contributed by atoms with van der Waals surface area (Å²) in [6.07, 6.45) is 5.83. The van der Waals surface area contributed by atoms with Gasteiger partial charge in [-0.1, -0.05) is 18.6 Å². The van der Waals surface area contributed by atoms with Gasteiger partial charge in [-0.2, -0.15) is 0 Å². The van der Waals surface area contributed by atoms with E-state index in [2.05, 4.69) is 0 Å². The van der Waals surface area contributed by atoms with Gasteiger partial charge in [0.25, 0.3) is 0 Å². The molecule has 2 rings (SSSR count). The number of carbonyl (C=O) groups excluding carboxylic acids is 1. The molecule has 0 radical (unpaired) electrons. The zero-order valence-electron chi connectivity index (χ0n) is 11.8. The van der Waals surface area contributed by atoms with E-state index in [1.165, 1.54) is 13.5 Å². The van der Waals surface area contributed by atoms with E-state index in [4.69, 9.17) is 9.26 Å². The van der Waals surface area contributed by atoms with Crippen LogP contribution in [-0.4, -0.2) is 19.2 Å². The van der Waals surface area contributed by atoms with Crippen LogP contribution in [-0.2, 0) is 20.0 Å². The highest BCUT2D eigenvalue weighted by molar-refractivity contribution is 7.38. The first-order valence-corrected chi connectivity index (χ1v) is 8.58. The summed E-state index contributed by atoms with van der Waals surface area (Å²) in [5.41, 5.74) is 1.37. The standard InChI is InChI=1S/C15H21O4P/c1-18-20(17)11-12-6-5-7-13(10-12)15(16)19-14-8-3-2-4-9-14/h5-7,10,14,20H,2-4,8-9,11H2,1H3. The second-order valence-corrected chi connectivity index (χ2v) is 6.62. The molecule has 1 saturated carbocycles. The summed E-state index contributed by atoms with van der Waals surface area (Å²) < 4.78 is 21.8. The Morgan fingerprint density at radius 1 is 1.30 bits per heavy atom. The van der Waals surface area contributed by atoms with Gasteiger partial charge in [-0.05, 0) is 43.4 Å². The van der Waals surface area contributed by atoms with E-state index >= 15 is 0 Å². The molecule has 1 aromatic carbocycles. The molecule has 0 N–H and O–H groups in total. The first kappa shape index (κ1) is 15.3. The molecule has 0 heterocycles. The normalized spacial score (nSPS) is 17.6. The van der Waals surface area contributed by atoms with Gasteiger partial charge in [0.2, 0.25) is 0 Å². The van der Waals surface area contributed by atoms with E-state index in [1.54, 1.807) is 18.2 Å². The quantitative estimate of drug-likeness (QED) is 0.612. The maximum absolute atomic E-state index is 12.1. The number of ether oxygens (including phenoxy) is 1. The van der Waals surface area contributed by atoms with E-state index in [-0.39, 0.29) is 12.1 Å². The zero-order chi connectivity index (χ0) is 14.4. The molecular formula is C15H21O4P. The van der Waals surface area contributed by atoms with Crippen molar-refractivity contribution in [3.8, 4) is 0 Å². The molecule has 0 aliphatic heterocycles. The van der Waals surface area contributed by atoms with Gasteiger partial charge in [0.15, 0.2) is 8.03 Å². The summed E-state index contributed by atoms with van der Waals surface area (Å²) in [6.45, 7) is 0. The van der Waals surface area contributed by atoms with Crippen molar-refractivity contribution in [1.82, 2.24) is 0 Å². The lowest BCUT2D eigenvalue weighted by atomic mass is 9.98. The van der Waals surface area contributed by atoms with E-state index in [0.717, 1.165) is 31.2 Å². The van der Waals surface area contributed by atoms with Crippen molar-refractivity contribution in [3.63, 3.8) is 0 Å². The fourth-order valence-corrected chi connectivity index (χ4v) is 3.15. The van der Waals surface area contributed by atoms with Crippen LogP contribution in [0.2, 0.25) is 0 Å². The molecule has 0 spiro atoms. The van der Waals surface area contributed by atoms with E-state index in [1.807, 2.05) is 6.07 Å². The Labute approximate surface area is 120 Å². The topological polar surface area (TPSA) is 52.6 Å². The Bertz CT molecular complexity index is 481. The van der Waals surface area contributed by atoms with E-state index in [0.29, 0.717) is 11.7 Å². The lowest BCUT2D eigenvalue weighted by Gasteiger charge is -2.21. The summed E-state index contributed by atoms with van der Waals surface area (Å²) in [4.78, 5) is 12.1. The van der Waals surface area contributed by atoms with Crippen molar-refractivity contribution in [3.05, 3.63) is 35.4 Å². The number of rotatable bonds is 5. The molecule has 1 fully saturated rings. The zero-order valence-corrected chi connectivity index (χ0v) is 12.8. The van der Waals surface area contributed by atoms with Crippen molar-refractivity contribution >= 4 is 14.0 Å². The van der Waals surface area contributed by atoms with Gasteiger partial charge in [-0.15, -0.1) is 0 Å². The SMILES string of the molecule is CO[PH](=O)Cc1cccc(C(=O)OC2CCCCC2)c1. The third kappa shape index (κ3) is 4.46. The lowest BCUT2D eigenvalue weighted by Crippen LogP contribution is -2.20. The minimum Gasteiger partial charge on any atom is -0.459 e. The number of carbonyl (C=O) groups is 1. The lowest BCUT2D eigenvalue weighted by molar-refractivity contribution is 0.0211. The van der Waals surface area contributed by atoms with Crippen LogP contribution < -0.4 is 0 Å². The average molecular weight is 296 g/mol. The maximum atomic E-state index is 12.1. The van der Waals surface area contributed by atoms with Gasteiger partial charge in [0, 0.05) is 13.3 Å². The summed E-state index contributed by atoms with van der Waals surface area (Å²) in [5, 5.41) is 0. The molecular weight excluding hydrogens is 275 g/mol. The largest absolute Gasteiger partial charge is 0.459 e. The second kappa shape index (κ2) is 7.61. The van der Waals surface area contributed by atoms with Gasteiger partial charge in [-0.3, -0.25) is 4.57 Å². The molecule has 4 nitrogen and oxygen atoms in total. The van der Waals surface area contributed by atoms with Crippen LogP contribution in [0.1, 0.15) is 48.0 Å². The third-order valence-electron chi connectivity index (χ3n) is 3.56. The minimum atomic E-state index is -2.05. The van der Waals surface area contributed by atoms with Crippen LogP contribution in [0.15, 0.2) is 24.3 Å². The highest BCUT2D eigenvalue weighted by Gasteiger charge is 2.18. The molecule has 1 atom stereocenters. The van der Waals surface area contributed by atoms with Gasteiger partial charge < -0.3 is 9.26 Å². The Kier molecular flexibility index (Phi) is 5.81. The minimum absolute atomic E-state index is 0.0537. The predicted molar refractivity (Wildman–Crippen MR) is 78.4 cm³/mol. The highest BCUT2D eigenvalue weighted by atomic mass is 31.1. The molecule has 1 aromatic rings. The van der Waals surface area contributed by atoms with E-state index in [9.17, 15) is 9.36 Å². The molecule has 1 aliphatic rings. The number of hydrogen-bond acceptors (Lipinski definition) is 4.